The van der Waals surface area contributed by atoms with Gasteiger partial charge < -0.3 is 4.74 Å². The normalized spacial score (nSPS) is 40.3. The molecule has 0 aromatic heterocycles. The highest BCUT2D eigenvalue weighted by Crippen LogP contribution is 2.43. The van der Waals surface area contributed by atoms with Crippen LogP contribution in [0.3, 0.4) is 0 Å². The van der Waals surface area contributed by atoms with Crippen LogP contribution >= 0.6 is 0 Å². The molecule has 1 nitrogen and oxygen atoms in total. The van der Waals surface area contributed by atoms with Crippen molar-refractivity contribution in [3.8, 4) is 0 Å². The summed E-state index contributed by atoms with van der Waals surface area (Å²) in [7, 11) is 0. The highest BCUT2D eigenvalue weighted by molar-refractivity contribution is 5.19. The molecule has 2 rings (SSSR count). The van der Waals surface area contributed by atoms with Gasteiger partial charge >= 0.3 is 0 Å². The molecule has 0 spiro atoms. The van der Waals surface area contributed by atoms with Crippen LogP contribution in [0, 0.1) is 11.3 Å². The molecular weight excluding hydrogens is 184 g/mol. The van der Waals surface area contributed by atoms with Crippen LogP contribution in [0.4, 0.5) is 0 Å². The Hall–Kier alpha value is -0.300. The minimum Gasteiger partial charge on any atom is -0.367 e. The van der Waals surface area contributed by atoms with Gasteiger partial charge in [0.2, 0.25) is 0 Å². The molecule has 1 heterocycles. The Morgan fingerprint density at radius 1 is 1.33 bits per heavy atom. The molecule has 1 fully saturated rings. The van der Waals surface area contributed by atoms with Crippen molar-refractivity contribution in [2.75, 3.05) is 0 Å². The number of rotatable bonds is 1. The van der Waals surface area contributed by atoms with Crippen LogP contribution in [0.1, 0.15) is 53.4 Å². The first-order valence-electron chi connectivity index (χ1n) is 6.35. The largest absolute Gasteiger partial charge is 0.367 e. The SMILES string of the molecule is CC1C=C(C2CCCC(C)(C)C2)C(C)O1. The Bertz CT molecular complexity index is 265. The van der Waals surface area contributed by atoms with Gasteiger partial charge in [-0.25, -0.2) is 0 Å². The average Bonchev–Trinajstić information content (AvgIpc) is 2.43. The van der Waals surface area contributed by atoms with E-state index in [9.17, 15) is 0 Å². The lowest BCUT2D eigenvalue weighted by molar-refractivity contribution is 0.0695. The zero-order valence-electron chi connectivity index (χ0n) is 10.5. The van der Waals surface area contributed by atoms with Gasteiger partial charge in [-0.15, -0.1) is 0 Å². The Morgan fingerprint density at radius 2 is 2.07 bits per heavy atom. The van der Waals surface area contributed by atoms with Gasteiger partial charge in [-0.3, -0.25) is 0 Å². The van der Waals surface area contributed by atoms with Crippen LogP contribution in [0.15, 0.2) is 11.6 Å². The van der Waals surface area contributed by atoms with Gasteiger partial charge in [-0.1, -0.05) is 26.3 Å². The molecule has 0 aromatic carbocycles. The van der Waals surface area contributed by atoms with Crippen molar-refractivity contribution in [2.24, 2.45) is 11.3 Å². The molecule has 1 saturated carbocycles. The molecular formula is C14H24O. The average molecular weight is 208 g/mol. The van der Waals surface area contributed by atoms with Crippen LogP contribution in [-0.2, 0) is 4.74 Å². The molecule has 0 saturated heterocycles. The third-order valence-electron chi connectivity index (χ3n) is 3.99. The van der Waals surface area contributed by atoms with Crippen LogP contribution in [0.5, 0.6) is 0 Å². The van der Waals surface area contributed by atoms with E-state index in [4.69, 9.17) is 4.74 Å². The summed E-state index contributed by atoms with van der Waals surface area (Å²) in [6.45, 7) is 9.17. The fourth-order valence-electron chi connectivity index (χ4n) is 3.30. The summed E-state index contributed by atoms with van der Waals surface area (Å²) in [6, 6.07) is 0. The summed E-state index contributed by atoms with van der Waals surface area (Å²) < 4.78 is 5.80. The van der Waals surface area contributed by atoms with E-state index in [1.807, 2.05) is 0 Å². The van der Waals surface area contributed by atoms with Crippen molar-refractivity contribution < 1.29 is 4.74 Å². The zero-order chi connectivity index (χ0) is 11.1. The van der Waals surface area contributed by atoms with E-state index in [1.165, 1.54) is 25.7 Å². The molecule has 86 valence electrons. The standard InChI is InChI=1S/C14H24O/c1-10-8-13(11(2)15-10)12-6-5-7-14(3,4)9-12/h8,10-12H,5-7,9H2,1-4H3. The van der Waals surface area contributed by atoms with E-state index < -0.39 is 0 Å². The van der Waals surface area contributed by atoms with Crippen molar-refractivity contribution in [3.63, 3.8) is 0 Å². The first-order valence-corrected chi connectivity index (χ1v) is 6.35. The third-order valence-corrected chi connectivity index (χ3v) is 3.99. The highest BCUT2D eigenvalue weighted by Gasteiger charge is 2.34. The Balaban J connectivity index is 2.07. The molecule has 0 aromatic rings. The molecule has 2 aliphatic rings. The van der Waals surface area contributed by atoms with Crippen molar-refractivity contribution >= 4 is 0 Å². The second kappa shape index (κ2) is 3.93. The highest BCUT2D eigenvalue weighted by atomic mass is 16.5. The lowest BCUT2D eigenvalue weighted by Gasteiger charge is -2.36. The monoisotopic (exact) mass is 208 g/mol. The van der Waals surface area contributed by atoms with E-state index in [1.54, 1.807) is 5.57 Å². The maximum Gasteiger partial charge on any atom is 0.0768 e. The smallest absolute Gasteiger partial charge is 0.0768 e. The van der Waals surface area contributed by atoms with Crippen molar-refractivity contribution in [1.29, 1.82) is 0 Å². The van der Waals surface area contributed by atoms with E-state index >= 15 is 0 Å². The zero-order valence-corrected chi connectivity index (χ0v) is 10.5. The topological polar surface area (TPSA) is 9.23 Å². The first kappa shape index (κ1) is 11.2. The summed E-state index contributed by atoms with van der Waals surface area (Å²) in [5.41, 5.74) is 2.12. The van der Waals surface area contributed by atoms with Crippen LogP contribution in [0.25, 0.3) is 0 Å². The van der Waals surface area contributed by atoms with Gasteiger partial charge in [0, 0.05) is 0 Å². The molecule has 0 N–H and O–H groups in total. The molecule has 1 aliphatic heterocycles. The minimum atomic E-state index is 0.333. The summed E-state index contributed by atoms with van der Waals surface area (Å²) in [6.07, 6.45) is 8.54. The van der Waals surface area contributed by atoms with Gasteiger partial charge in [-0.05, 0) is 50.0 Å². The number of ether oxygens (including phenoxy) is 1. The van der Waals surface area contributed by atoms with Gasteiger partial charge in [0.05, 0.1) is 12.2 Å². The van der Waals surface area contributed by atoms with Crippen molar-refractivity contribution in [3.05, 3.63) is 11.6 Å². The van der Waals surface area contributed by atoms with Gasteiger partial charge in [-0.2, -0.15) is 0 Å². The lowest BCUT2D eigenvalue weighted by atomic mass is 9.69. The van der Waals surface area contributed by atoms with Gasteiger partial charge in [0.1, 0.15) is 0 Å². The molecule has 3 unspecified atom stereocenters. The van der Waals surface area contributed by atoms with Gasteiger partial charge in [0.15, 0.2) is 0 Å². The predicted molar refractivity (Wildman–Crippen MR) is 63.8 cm³/mol. The summed E-state index contributed by atoms with van der Waals surface area (Å²) in [5.74, 6) is 0.786. The summed E-state index contributed by atoms with van der Waals surface area (Å²) >= 11 is 0. The molecule has 3 atom stereocenters. The molecule has 1 heteroatoms. The van der Waals surface area contributed by atoms with Crippen LogP contribution in [-0.4, -0.2) is 12.2 Å². The second-order valence-electron chi connectivity index (χ2n) is 6.11. The molecule has 0 bridgehead atoms. The maximum absolute atomic E-state index is 5.80. The molecule has 15 heavy (non-hydrogen) atoms. The second-order valence-corrected chi connectivity index (χ2v) is 6.11. The fourth-order valence-corrected chi connectivity index (χ4v) is 3.30. The fraction of sp³-hybridized carbons (Fsp3) is 0.857. The summed E-state index contributed by atoms with van der Waals surface area (Å²) in [4.78, 5) is 0. The molecule has 0 amide bonds. The summed E-state index contributed by atoms with van der Waals surface area (Å²) in [5, 5.41) is 0. The first-order chi connectivity index (χ1) is 6.98. The van der Waals surface area contributed by atoms with Crippen LogP contribution in [0.2, 0.25) is 0 Å². The number of hydrogen-bond donors (Lipinski definition) is 0. The molecule has 1 aliphatic carbocycles. The molecule has 0 radical (unpaired) electrons. The van der Waals surface area contributed by atoms with E-state index in [2.05, 4.69) is 33.8 Å². The Kier molecular flexibility index (Phi) is 2.94. The quantitative estimate of drug-likeness (QED) is 0.593. The number of hydrogen-bond acceptors (Lipinski definition) is 1. The maximum atomic E-state index is 5.80. The van der Waals surface area contributed by atoms with E-state index in [0.29, 0.717) is 17.6 Å². The van der Waals surface area contributed by atoms with E-state index in [0.717, 1.165) is 5.92 Å². The van der Waals surface area contributed by atoms with Gasteiger partial charge in [0.25, 0.3) is 0 Å². The van der Waals surface area contributed by atoms with Crippen molar-refractivity contribution in [2.45, 2.75) is 65.6 Å². The predicted octanol–water partition coefficient (Wildman–Crippen LogP) is 3.94. The van der Waals surface area contributed by atoms with Crippen molar-refractivity contribution in [1.82, 2.24) is 0 Å². The van der Waals surface area contributed by atoms with Crippen LogP contribution < -0.4 is 0 Å². The minimum absolute atomic E-state index is 0.333. The Morgan fingerprint density at radius 3 is 2.60 bits per heavy atom. The lowest BCUT2D eigenvalue weighted by Crippen LogP contribution is -2.26. The third kappa shape index (κ3) is 2.44. The Labute approximate surface area is 93.9 Å². The van der Waals surface area contributed by atoms with E-state index in [-0.39, 0.29) is 0 Å².